The number of hydrogen-bond donors (Lipinski definition) is 1. The number of benzene rings is 2. The van der Waals surface area contributed by atoms with Gasteiger partial charge in [-0.15, -0.1) is 0 Å². The standard InChI is InChI=1S/C25H32FN3O4/c1-16-13-28(3)17(2)15-33-22-12-20(27-24(30)18-6-8-19(26)9-7-18)10-11-21(22)25(31)29(4)14-23(16)32-5/h6-12,16-17,23H,13-15H2,1-5H3,(H,27,30)/t16-,17+,23+/m1/s1. The first-order valence-electron chi connectivity index (χ1n) is 11.0. The third-order valence-electron chi connectivity index (χ3n) is 6.12. The van der Waals surface area contributed by atoms with Gasteiger partial charge in [-0.05, 0) is 56.3 Å². The van der Waals surface area contributed by atoms with Gasteiger partial charge in [-0.2, -0.15) is 0 Å². The highest BCUT2D eigenvalue weighted by Gasteiger charge is 2.27. The van der Waals surface area contributed by atoms with E-state index in [0.29, 0.717) is 35.7 Å². The number of fused-ring (bicyclic) bond motifs is 1. The third-order valence-corrected chi connectivity index (χ3v) is 6.12. The van der Waals surface area contributed by atoms with E-state index in [4.69, 9.17) is 9.47 Å². The molecule has 1 heterocycles. The van der Waals surface area contributed by atoms with Gasteiger partial charge in [0, 0.05) is 50.6 Å². The number of likely N-dealkylation sites (N-methyl/N-ethyl adjacent to an activating group) is 2. The van der Waals surface area contributed by atoms with Crippen molar-refractivity contribution in [2.75, 3.05) is 46.2 Å². The zero-order valence-corrected chi connectivity index (χ0v) is 19.8. The number of ether oxygens (including phenoxy) is 2. The molecule has 3 atom stereocenters. The SMILES string of the molecule is CO[C@H]1CN(C)C(=O)c2ccc(NC(=O)c3ccc(F)cc3)cc2OC[C@H](C)N(C)C[C@H]1C. The maximum Gasteiger partial charge on any atom is 0.257 e. The number of carbonyl (C=O) groups excluding carboxylic acids is 2. The molecule has 8 heteroatoms. The van der Waals surface area contributed by atoms with Crippen molar-refractivity contribution in [2.45, 2.75) is 26.0 Å². The van der Waals surface area contributed by atoms with E-state index in [1.807, 2.05) is 7.05 Å². The minimum atomic E-state index is -0.411. The summed E-state index contributed by atoms with van der Waals surface area (Å²) in [5.74, 6) is -0.354. The van der Waals surface area contributed by atoms with Crippen LogP contribution in [0.1, 0.15) is 34.6 Å². The van der Waals surface area contributed by atoms with Crippen molar-refractivity contribution in [1.82, 2.24) is 9.80 Å². The molecule has 0 saturated heterocycles. The Labute approximate surface area is 194 Å². The molecule has 0 aliphatic carbocycles. The maximum atomic E-state index is 13.2. The first-order chi connectivity index (χ1) is 15.7. The van der Waals surface area contributed by atoms with Crippen LogP contribution in [0.3, 0.4) is 0 Å². The first kappa shape index (κ1) is 24.7. The smallest absolute Gasteiger partial charge is 0.257 e. The van der Waals surface area contributed by atoms with Gasteiger partial charge in [-0.3, -0.25) is 14.5 Å². The largest absolute Gasteiger partial charge is 0.491 e. The molecule has 0 bridgehead atoms. The topological polar surface area (TPSA) is 71.1 Å². The lowest BCUT2D eigenvalue weighted by Gasteiger charge is -2.34. The predicted octanol–water partition coefficient (Wildman–Crippen LogP) is 3.51. The van der Waals surface area contributed by atoms with E-state index in [0.717, 1.165) is 6.54 Å². The molecule has 0 spiro atoms. The van der Waals surface area contributed by atoms with E-state index in [2.05, 4.69) is 24.1 Å². The maximum absolute atomic E-state index is 13.2. The summed E-state index contributed by atoms with van der Waals surface area (Å²) in [6.07, 6.45) is -0.105. The molecule has 33 heavy (non-hydrogen) atoms. The molecule has 0 unspecified atom stereocenters. The van der Waals surface area contributed by atoms with Crippen LogP contribution in [0, 0.1) is 11.7 Å². The molecule has 1 N–H and O–H groups in total. The van der Waals surface area contributed by atoms with E-state index < -0.39 is 5.82 Å². The molecule has 0 saturated carbocycles. The highest BCUT2D eigenvalue weighted by Crippen LogP contribution is 2.27. The number of rotatable bonds is 3. The number of halogens is 1. The van der Waals surface area contributed by atoms with Crippen molar-refractivity contribution in [3.63, 3.8) is 0 Å². The Morgan fingerprint density at radius 3 is 2.48 bits per heavy atom. The van der Waals surface area contributed by atoms with Crippen LogP contribution in [0.4, 0.5) is 10.1 Å². The van der Waals surface area contributed by atoms with E-state index in [9.17, 15) is 14.0 Å². The van der Waals surface area contributed by atoms with Crippen LogP contribution >= 0.6 is 0 Å². The summed E-state index contributed by atoms with van der Waals surface area (Å²) in [7, 11) is 5.45. The van der Waals surface area contributed by atoms with Gasteiger partial charge in [-0.25, -0.2) is 4.39 Å². The van der Waals surface area contributed by atoms with Gasteiger partial charge in [0.1, 0.15) is 18.2 Å². The van der Waals surface area contributed by atoms with E-state index in [-0.39, 0.29) is 29.9 Å². The average molecular weight is 458 g/mol. The lowest BCUT2D eigenvalue weighted by Crippen LogP contribution is -2.45. The molecule has 1 aliphatic rings. The zero-order chi connectivity index (χ0) is 24.1. The Kier molecular flexibility index (Phi) is 8.05. The Hall–Kier alpha value is -2.97. The highest BCUT2D eigenvalue weighted by atomic mass is 19.1. The molecular formula is C25H32FN3O4. The Morgan fingerprint density at radius 1 is 1.12 bits per heavy atom. The van der Waals surface area contributed by atoms with E-state index >= 15 is 0 Å². The Morgan fingerprint density at radius 2 is 1.82 bits per heavy atom. The van der Waals surface area contributed by atoms with Crippen LogP contribution in [0.25, 0.3) is 0 Å². The van der Waals surface area contributed by atoms with Crippen molar-refractivity contribution in [1.29, 1.82) is 0 Å². The number of nitrogens with zero attached hydrogens (tertiary/aromatic N) is 2. The lowest BCUT2D eigenvalue weighted by molar-refractivity contribution is 0.0150. The van der Waals surface area contributed by atoms with Crippen molar-refractivity contribution in [3.05, 3.63) is 59.4 Å². The number of methoxy groups -OCH3 is 1. The molecule has 2 amide bonds. The number of hydrogen-bond acceptors (Lipinski definition) is 5. The molecule has 2 aromatic carbocycles. The number of nitrogens with one attached hydrogen (secondary N) is 1. The van der Waals surface area contributed by atoms with Gasteiger partial charge in [0.25, 0.3) is 11.8 Å². The summed E-state index contributed by atoms with van der Waals surface area (Å²) >= 11 is 0. The molecule has 0 aromatic heterocycles. The summed E-state index contributed by atoms with van der Waals surface area (Å²) in [5, 5.41) is 2.79. The molecule has 178 valence electrons. The average Bonchev–Trinajstić information content (AvgIpc) is 2.80. The van der Waals surface area contributed by atoms with Crippen LogP contribution in [0.2, 0.25) is 0 Å². The van der Waals surface area contributed by atoms with E-state index in [1.54, 1.807) is 37.3 Å². The Balaban J connectivity index is 1.89. The molecular weight excluding hydrogens is 425 g/mol. The molecule has 0 radical (unpaired) electrons. The predicted molar refractivity (Wildman–Crippen MR) is 125 cm³/mol. The second-order valence-corrected chi connectivity index (χ2v) is 8.71. The molecule has 7 nitrogen and oxygen atoms in total. The fourth-order valence-electron chi connectivity index (χ4n) is 3.84. The summed E-state index contributed by atoms with van der Waals surface area (Å²) < 4.78 is 24.9. The molecule has 2 aromatic rings. The highest BCUT2D eigenvalue weighted by molar-refractivity contribution is 6.05. The number of amides is 2. The normalized spacial score (nSPS) is 22.5. The Bertz CT molecular complexity index is 982. The molecule has 1 aliphatic heterocycles. The lowest BCUT2D eigenvalue weighted by atomic mass is 10.0. The van der Waals surface area contributed by atoms with Crippen LogP contribution in [0.15, 0.2) is 42.5 Å². The number of carbonyl (C=O) groups is 2. The first-order valence-corrected chi connectivity index (χ1v) is 11.0. The minimum Gasteiger partial charge on any atom is -0.491 e. The van der Waals surface area contributed by atoms with Crippen molar-refractivity contribution >= 4 is 17.5 Å². The summed E-state index contributed by atoms with van der Waals surface area (Å²) in [5.41, 5.74) is 1.22. The van der Waals surface area contributed by atoms with Crippen molar-refractivity contribution in [3.8, 4) is 5.75 Å². The zero-order valence-electron chi connectivity index (χ0n) is 19.8. The second kappa shape index (κ2) is 10.8. The fourth-order valence-corrected chi connectivity index (χ4v) is 3.84. The second-order valence-electron chi connectivity index (χ2n) is 8.71. The minimum absolute atomic E-state index is 0.0996. The molecule has 0 fully saturated rings. The van der Waals surface area contributed by atoms with Gasteiger partial charge in [0.15, 0.2) is 0 Å². The van der Waals surface area contributed by atoms with E-state index in [1.165, 1.54) is 24.3 Å². The monoisotopic (exact) mass is 457 g/mol. The van der Waals surface area contributed by atoms with Gasteiger partial charge < -0.3 is 19.7 Å². The van der Waals surface area contributed by atoms with Crippen LogP contribution in [0.5, 0.6) is 5.75 Å². The van der Waals surface area contributed by atoms with Gasteiger partial charge in [0.05, 0.1) is 11.7 Å². The van der Waals surface area contributed by atoms with Crippen LogP contribution in [-0.2, 0) is 4.74 Å². The summed E-state index contributed by atoms with van der Waals surface area (Å²) in [4.78, 5) is 29.6. The van der Waals surface area contributed by atoms with Gasteiger partial charge >= 0.3 is 0 Å². The number of anilines is 1. The van der Waals surface area contributed by atoms with Crippen LogP contribution in [-0.4, -0.2) is 74.7 Å². The van der Waals surface area contributed by atoms with Crippen LogP contribution < -0.4 is 10.1 Å². The summed E-state index contributed by atoms with van der Waals surface area (Å²) in [6, 6.07) is 10.4. The van der Waals surface area contributed by atoms with Crippen molar-refractivity contribution in [2.24, 2.45) is 5.92 Å². The van der Waals surface area contributed by atoms with Gasteiger partial charge in [-0.1, -0.05) is 6.92 Å². The summed E-state index contributed by atoms with van der Waals surface area (Å²) in [6.45, 7) is 5.80. The van der Waals surface area contributed by atoms with Gasteiger partial charge in [0.2, 0.25) is 0 Å². The third kappa shape index (κ3) is 6.09. The molecule has 3 rings (SSSR count). The van der Waals surface area contributed by atoms with Crippen molar-refractivity contribution < 1.29 is 23.5 Å². The quantitative estimate of drug-likeness (QED) is 0.764. The fraction of sp³-hybridized carbons (Fsp3) is 0.440.